The van der Waals surface area contributed by atoms with Gasteiger partial charge in [0.1, 0.15) is 0 Å². The lowest BCUT2D eigenvalue weighted by molar-refractivity contribution is -0.128. The van der Waals surface area contributed by atoms with Crippen molar-refractivity contribution in [2.24, 2.45) is 0 Å². The molecule has 2 fully saturated rings. The largest absolute Gasteiger partial charge is 0.339 e. The van der Waals surface area contributed by atoms with E-state index in [-0.39, 0.29) is 11.8 Å². The second-order valence-corrected chi connectivity index (χ2v) is 5.93. The van der Waals surface area contributed by atoms with E-state index in [1.54, 1.807) is 0 Å². The fraction of sp³-hybridized carbons (Fsp3) is 0.438. The number of likely N-dealkylation sites (tertiary alicyclic amines) is 1. The zero-order valence-electron chi connectivity index (χ0n) is 11.7. The Morgan fingerprint density at radius 1 is 1.19 bits per heavy atom. The first-order chi connectivity index (χ1) is 10.3. The monoisotopic (exact) mass is 283 g/mol. The number of hydrogen-bond acceptors (Lipinski definition) is 4. The molecule has 0 radical (unpaired) electrons. The molecule has 0 bridgehead atoms. The standard InChI is InChI=1S/C16H17N3O2/c20-14-8-13(16-17-15(18-21-16)12-6-7-12)10-19(14)9-11-4-2-1-3-5-11/h1-5,12-13H,6-10H2. The van der Waals surface area contributed by atoms with Gasteiger partial charge in [0.2, 0.25) is 11.8 Å². The lowest BCUT2D eigenvalue weighted by atomic mass is 10.1. The van der Waals surface area contributed by atoms with Crippen LogP contribution in [0.15, 0.2) is 34.9 Å². The highest BCUT2D eigenvalue weighted by Gasteiger charge is 2.36. The van der Waals surface area contributed by atoms with Gasteiger partial charge in [0.15, 0.2) is 5.82 Å². The number of nitrogens with zero attached hydrogens (tertiary/aromatic N) is 3. The molecule has 1 aliphatic carbocycles. The molecular weight excluding hydrogens is 266 g/mol. The maximum Gasteiger partial charge on any atom is 0.232 e. The molecule has 2 aliphatic rings. The Hall–Kier alpha value is -2.17. The van der Waals surface area contributed by atoms with Crippen molar-refractivity contribution in [1.29, 1.82) is 0 Å². The molecule has 1 atom stereocenters. The minimum Gasteiger partial charge on any atom is -0.339 e. The van der Waals surface area contributed by atoms with E-state index >= 15 is 0 Å². The molecule has 2 aromatic rings. The molecule has 0 spiro atoms. The zero-order chi connectivity index (χ0) is 14.2. The van der Waals surface area contributed by atoms with Gasteiger partial charge in [-0.1, -0.05) is 35.5 Å². The summed E-state index contributed by atoms with van der Waals surface area (Å²) in [6.07, 6.45) is 2.78. The van der Waals surface area contributed by atoms with E-state index in [0.29, 0.717) is 31.3 Å². The van der Waals surface area contributed by atoms with Crippen LogP contribution in [0.1, 0.15) is 48.4 Å². The summed E-state index contributed by atoms with van der Waals surface area (Å²) < 4.78 is 5.36. The van der Waals surface area contributed by atoms with Gasteiger partial charge in [-0.25, -0.2) is 0 Å². The predicted molar refractivity (Wildman–Crippen MR) is 75.5 cm³/mol. The maximum absolute atomic E-state index is 12.2. The minimum absolute atomic E-state index is 0.0428. The highest BCUT2D eigenvalue weighted by atomic mass is 16.5. The summed E-state index contributed by atoms with van der Waals surface area (Å²) in [6, 6.07) is 10.0. The molecule has 1 aromatic carbocycles. The lowest BCUT2D eigenvalue weighted by Gasteiger charge is -2.15. The van der Waals surface area contributed by atoms with Crippen LogP contribution in [0.4, 0.5) is 0 Å². The van der Waals surface area contributed by atoms with Gasteiger partial charge in [0, 0.05) is 25.4 Å². The van der Waals surface area contributed by atoms with Gasteiger partial charge in [-0.3, -0.25) is 4.79 Å². The summed E-state index contributed by atoms with van der Waals surface area (Å²) in [5.74, 6) is 2.14. The minimum atomic E-state index is 0.0428. The van der Waals surface area contributed by atoms with E-state index in [2.05, 4.69) is 10.1 Å². The number of rotatable bonds is 4. The van der Waals surface area contributed by atoms with Crippen molar-refractivity contribution in [2.45, 2.75) is 37.6 Å². The van der Waals surface area contributed by atoms with Crippen molar-refractivity contribution in [2.75, 3.05) is 6.54 Å². The molecule has 1 saturated carbocycles. The first-order valence-corrected chi connectivity index (χ1v) is 7.45. The van der Waals surface area contributed by atoms with Crippen LogP contribution >= 0.6 is 0 Å². The molecule has 5 nitrogen and oxygen atoms in total. The van der Waals surface area contributed by atoms with E-state index < -0.39 is 0 Å². The summed E-state index contributed by atoms with van der Waals surface area (Å²) in [5, 5.41) is 4.04. The summed E-state index contributed by atoms with van der Waals surface area (Å²) in [5.41, 5.74) is 1.15. The SMILES string of the molecule is O=C1CC(c2nc(C3CC3)no2)CN1Cc1ccccc1. The summed E-state index contributed by atoms with van der Waals surface area (Å²) in [4.78, 5) is 18.5. The molecule has 4 rings (SSSR count). The van der Waals surface area contributed by atoms with Crippen LogP contribution in [-0.4, -0.2) is 27.5 Å². The third-order valence-corrected chi connectivity index (χ3v) is 4.18. The molecule has 108 valence electrons. The van der Waals surface area contributed by atoms with E-state index in [0.717, 1.165) is 24.2 Å². The third kappa shape index (κ3) is 2.55. The lowest BCUT2D eigenvalue weighted by Crippen LogP contribution is -2.24. The number of benzene rings is 1. The molecule has 1 aliphatic heterocycles. The van der Waals surface area contributed by atoms with Crippen LogP contribution in [0.5, 0.6) is 0 Å². The quantitative estimate of drug-likeness (QED) is 0.865. The predicted octanol–water partition coefficient (Wildman–Crippen LogP) is 2.46. The van der Waals surface area contributed by atoms with Crippen LogP contribution in [0.3, 0.4) is 0 Å². The molecule has 1 unspecified atom stereocenters. The van der Waals surface area contributed by atoms with Crippen LogP contribution in [0, 0.1) is 0 Å². The highest BCUT2D eigenvalue weighted by Crippen LogP contribution is 2.39. The van der Waals surface area contributed by atoms with Crippen molar-refractivity contribution < 1.29 is 9.32 Å². The number of carbonyl (C=O) groups is 1. The van der Waals surface area contributed by atoms with Gasteiger partial charge in [0.25, 0.3) is 0 Å². The van der Waals surface area contributed by atoms with Gasteiger partial charge < -0.3 is 9.42 Å². The van der Waals surface area contributed by atoms with E-state index in [9.17, 15) is 4.79 Å². The van der Waals surface area contributed by atoms with Crippen LogP contribution < -0.4 is 0 Å². The van der Waals surface area contributed by atoms with Gasteiger partial charge in [0.05, 0.1) is 5.92 Å². The van der Waals surface area contributed by atoms with E-state index in [1.807, 2.05) is 35.2 Å². The molecule has 21 heavy (non-hydrogen) atoms. The third-order valence-electron chi connectivity index (χ3n) is 4.18. The Bertz CT molecular complexity index is 649. The number of amides is 1. The normalized spacial score (nSPS) is 22.0. The molecule has 1 amide bonds. The number of aromatic nitrogens is 2. The smallest absolute Gasteiger partial charge is 0.232 e. The van der Waals surface area contributed by atoms with E-state index in [4.69, 9.17) is 4.52 Å². The fourth-order valence-electron chi connectivity index (χ4n) is 2.81. The molecular formula is C16H17N3O2. The van der Waals surface area contributed by atoms with Crippen molar-refractivity contribution >= 4 is 5.91 Å². The fourth-order valence-corrected chi connectivity index (χ4v) is 2.81. The topological polar surface area (TPSA) is 59.2 Å². The Balaban J connectivity index is 1.45. The van der Waals surface area contributed by atoms with E-state index in [1.165, 1.54) is 0 Å². The second kappa shape index (κ2) is 4.98. The number of hydrogen-bond donors (Lipinski definition) is 0. The van der Waals surface area contributed by atoms with Crippen molar-refractivity contribution in [1.82, 2.24) is 15.0 Å². The van der Waals surface area contributed by atoms with Crippen molar-refractivity contribution in [3.63, 3.8) is 0 Å². The summed E-state index contributed by atoms with van der Waals surface area (Å²) >= 11 is 0. The Labute approximate surface area is 123 Å². The zero-order valence-corrected chi connectivity index (χ0v) is 11.7. The average Bonchev–Trinajstić information content (AvgIpc) is 3.12. The first-order valence-electron chi connectivity index (χ1n) is 7.45. The van der Waals surface area contributed by atoms with Crippen LogP contribution in [-0.2, 0) is 11.3 Å². The Morgan fingerprint density at radius 2 is 2.00 bits per heavy atom. The first kappa shape index (κ1) is 12.6. The molecule has 2 heterocycles. The summed E-state index contributed by atoms with van der Waals surface area (Å²) in [7, 11) is 0. The Morgan fingerprint density at radius 3 is 2.76 bits per heavy atom. The number of carbonyl (C=O) groups excluding carboxylic acids is 1. The summed E-state index contributed by atoms with van der Waals surface area (Å²) in [6.45, 7) is 1.32. The van der Waals surface area contributed by atoms with Gasteiger partial charge in [-0.05, 0) is 18.4 Å². The molecule has 5 heteroatoms. The highest BCUT2D eigenvalue weighted by molar-refractivity contribution is 5.79. The van der Waals surface area contributed by atoms with Crippen molar-refractivity contribution in [3.8, 4) is 0 Å². The average molecular weight is 283 g/mol. The van der Waals surface area contributed by atoms with Crippen molar-refractivity contribution in [3.05, 3.63) is 47.6 Å². The Kier molecular flexibility index (Phi) is 2.98. The molecule has 0 N–H and O–H groups in total. The van der Waals surface area contributed by atoms with Gasteiger partial charge >= 0.3 is 0 Å². The van der Waals surface area contributed by atoms with Gasteiger partial charge in [-0.2, -0.15) is 4.98 Å². The van der Waals surface area contributed by atoms with Crippen LogP contribution in [0.2, 0.25) is 0 Å². The molecule has 1 aromatic heterocycles. The second-order valence-electron chi connectivity index (χ2n) is 5.93. The maximum atomic E-state index is 12.2. The van der Waals surface area contributed by atoms with Gasteiger partial charge in [-0.15, -0.1) is 0 Å². The molecule has 1 saturated heterocycles. The van der Waals surface area contributed by atoms with Crippen LogP contribution in [0.25, 0.3) is 0 Å².